The number of carbonyl (C=O) groups excluding carboxylic acids is 1. The molecular formula is C12H6BrIN2O2S. The summed E-state index contributed by atoms with van der Waals surface area (Å²) >= 11 is 7.09. The lowest BCUT2D eigenvalue weighted by Gasteiger charge is -2.02. The second-order valence-electron chi connectivity index (χ2n) is 3.93. The first-order valence-corrected chi connectivity index (χ1v) is 8.00. The van der Waals surface area contributed by atoms with Crippen LogP contribution in [0.15, 0.2) is 32.8 Å². The van der Waals surface area contributed by atoms with Crippen LogP contribution in [0.2, 0.25) is 0 Å². The maximum atomic E-state index is 12.4. The van der Waals surface area contributed by atoms with Gasteiger partial charge in [-0.15, -0.1) is 11.3 Å². The third-order valence-corrected chi connectivity index (χ3v) is 5.12. The molecule has 3 aromatic rings. The van der Waals surface area contributed by atoms with E-state index in [0.29, 0.717) is 26.6 Å². The van der Waals surface area contributed by atoms with E-state index in [-0.39, 0.29) is 11.5 Å². The van der Waals surface area contributed by atoms with Gasteiger partial charge >= 0.3 is 5.69 Å². The Morgan fingerprint density at radius 1 is 1.21 bits per heavy atom. The number of aromatic amines is 2. The van der Waals surface area contributed by atoms with Crippen molar-refractivity contribution >= 4 is 66.7 Å². The van der Waals surface area contributed by atoms with Gasteiger partial charge in [0.05, 0.1) is 13.9 Å². The number of carbonyl (C=O) groups is 1. The van der Waals surface area contributed by atoms with Crippen molar-refractivity contribution in [2.75, 3.05) is 0 Å². The van der Waals surface area contributed by atoms with Gasteiger partial charge in [-0.05, 0) is 56.7 Å². The van der Waals surface area contributed by atoms with Crippen LogP contribution in [0.1, 0.15) is 15.9 Å². The van der Waals surface area contributed by atoms with E-state index >= 15 is 0 Å². The molecule has 0 saturated carbocycles. The minimum atomic E-state index is -0.281. The Morgan fingerprint density at radius 3 is 2.53 bits per heavy atom. The minimum Gasteiger partial charge on any atom is -0.306 e. The topological polar surface area (TPSA) is 65.7 Å². The Hall–Kier alpha value is -0.930. The second-order valence-corrected chi connectivity index (χ2v) is 7.59. The van der Waals surface area contributed by atoms with Crippen LogP contribution in [-0.2, 0) is 0 Å². The molecule has 0 aliphatic carbocycles. The maximum Gasteiger partial charge on any atom is 0.323 e. The predicted octanol–water partition coefficient (Wildman–Crippen LogP) is 3.52. The minimum absolute atomic E-state index is 0.0602. The summed E-state index contributed by atoms with van der Waals surface area (Å²) in [4.78, 5) is 29.0. The van der Waals surface area contributed by atoms with Crippen LogP contribution in [0.5, 0.6) is 0 Å². The number of hydrogen-bond donors (Lipinski definition) is 2. The molecule has 2 heterocycles. The lowest BCUT2D eigenvalue weighted by Crippen LogP contribution is -2.01. The van der Waals surface area contributed by atoms with E-state index in [9.17, 15) is 9.59 Å². The molecule has 2 N–H and O–H groups in total. The largest absolute Gasteiger partial charge is 0.323 e. The number of thiophene rings is 1. The molecule has 0 unspecified atom stereocenters. The van der Waals surface area contributed by atoms with Crippen LogP contribution >= 0.6 is 49.9 Å². The molecule has 4 nitrogen and oxygen atoms in total. The normalized spacial score (nSPS) is 11.1. The molecule has 0 amide bonds. The summed E-state index contributed by atoms with van der Waals surface area (Å²) in [5.41, 5.74) is 2.22. The molecule has 7 heteroatoms. The molecule has 0 fully saturated rings. The quantitative estimate of drug-likeness (QED) is 0.465. The van der Waals surface area contributed by atoms with Gasteiger partial charge in [-0.2, -0.15) is 0 Å². The molecule has 19 heavy (non-hydrogen) atoms. The molecular weight excluding hydrogens is 443 g/mol. The third-order valence-electron chi connectivity index (χ3n) is 2.68. The van der Waals surface area contributed by atoms with Gasteiger partial charge in [-0.1, -0.05) is 0 Å². The number of hydrogen-bond acceptors (Lipinski definition) is 3. The average Bonchev–Trinajstić information content (AvgIpc) is 2.92. The number of nitrogens with one attached hydrogen (secondary N) is 2. The fourth-order valence-electron chi connectivity index (χ4n) is 1.81. The molecule has 0 saturated heterocycles. The van der Waals surface area contributed by atoms with Gasteiger partial charge in [0.25, 0.3) is 0 Å². The molecule has 96 valence electrons. The summed E-state index contributed by atoms with van der Waals surface area (Å²) in [5, 5.41) is 1.83. The number of benzene rings is 1. The zero-order chi connectivity index (χ0) is 13.6. The molecule has 0 atom stereocenters. The van der Waals surface area contributed by atoms with E-state index in [0.717, 1.165) is 2.88 Å². The van der Waals surface area contributed by atoms with Crippen LogP contribution in [0.3, 0.4) is 0 Å². The Balaban J connectivity index is 2.16. The highest BCUT2D eigenvalue weighted by Gasteiger charge is 2.16. The Kier molecular flexibility index (Phi) is 3.35. The van der Waals surface area contributed by atoms with Crippen LogP contribution in [-0.4, -0.2) is 15.8 Å². The second kappa shape index (κ2) is 4.88. The summed E-state index contributed by atoms with van der Waals surface area (Å²) in [7, 11) is 0. The average molecular weight is 449 g/mol. The van der Waals surface area contributed by atoms with Crippen LogP contribution in [0, 0.1) is 2.88 Å². The zero-order valence-electron chi connectivity index (χ0n) is 9.29. The zero-order valence-corrected chi connectivity index (χ0v) is 13.9. The first kappa shape index (κ1) is 13.1. The van der Waals surface area contributed by atoms with Crippen LogP contribution < -0.4 is 5.69 Å². The first-order chi connectivity index (χ1) is 9.04. The molecule has 1 aromatic carbocycles. The maximum absolute atomic E-state index is 12.4. The highest BCUT2D eigenvalue weighted by atomic mass is 127. The molecule has 0 aliphatic rings. The molecule has 0 bridgehead atoms. The third kappa shape index (κ3) is 2.41. The van der Waals surface area contributed by atoms with Crippen molar-refractivity contribution in [2.24, 2.45) is 0 Å². The van der Waals surface area contributed by atoms with Gasteiger partial charge in [-0.25, -0.2) is 4.79 Å². The smallest absolute Gasteiger partial charge is 0.306 e. The van der Waals surface area contributed by atoms with Crippen molar-refractivity contribution in [1.29, 1.82) is 0 Å². The van der Waals surface area contributed by atoms with Gasteiger partial charge in [0, 0.05) is 21.0 Å². The van der Waals surface area contributed by atoms with Gasteiger partial charge in [-0.3, -0.25) is 4.79 Å². The standard InChI is InChI=1S/C12H6BrIN2O2S/c13-7-3-9-8(15-12(18)16-9)2-6(7)11(17)5-1-10(14)19-4-5/h1-4H,(H2,15,16,18). The highest BCUT2D eigenvalue weighted by Crippen LogP contribution is 2.26. The Bertz CT molecular complexity index is 849. The number of aromatic nitrogens is 2. The summed E-state index contributed by atoms with van der Waals surface area (Å²) in [6.07, 6.45) is 0. The van der Waals surface area contributed by atoms with Gasteiger partial charge in [0.1, 0.15) is 0 Å². The molecule has 2 aromatic heterocycles. The van der Waals surface area contributed by atoms with Crippen molar-refractivity contribution in [3.8, 4) is 0 Å². The fraction of sp³-hybridized carbons (Fsp3) is 0. The summed E-state index contributed by atoms with van der Waals surface area (Å²) in [6, 6.07) is 5.27. The fourth-order valence-corrected chi connectivity index (χ4v) is 3.66. The Labute approximate surface area is 133 Å². The lowest BCUT2D eigenvalue weighted by molar-refractivity contribution is 0.103. The summed E-state index contributed by atoms with van der Waals surface area (Å²) < 4.78 is 1.73. The number of ketones is 1. The van der Waals surface area contributed by atoms with Crippen molar-refractivity contribution in [3.05, 3.63) is 52.5 Å². The SMILES string of the molecule is O=C(c1csc(I)c1)c1cc2[nH]c(=O)[nH]c2cc1Br. The van der Waals surface area contributed by atoms with Crippen molar-refractivity contribution in [3.63, 3.8) is 0 Å². The van der Waals surface area contributed by atoms with E-state index in [1.165, 1.54) is 11.3 Å². The lowest BCUT2D eigenvalue weighted by atomic mass is 10.1. The van der Waals surface area contributed by atoms with E-state index in [1.807, 2.05) is 11.4 Å². The number of halogens is 2. The Morgan fingerprint density at radius 2 is 1.89 bits per heavy atom. The molecule has 0 aliphatic heterocycles. The van der Waals surface area contributed by atoms with Gasteiger partial charge in [0.15, 0.2) is 5.78 Å². The van der Waals surface area contributed by atoms with Crippen molar-refractivity contribution in [1.82, 2.24) is 9.97 Å². The molecule has 3 rings (SSSR count). The van der Waals surface area contributed by atoms with E-state index in [4.69, 9.17) is 0 Å². The van der Waals surface area contributed by atoms with E-state index in [2.05, 4.69) is 48.5 Å². The monoisotopic (exact) mass is 448 g/mol. The molecule has 0 spiro atoms. The van der Waals surface area contributed by atoms with E-state index < -0.39 is 0 Å². The van der Waals surface area contributed by atoms with Crippen molar-refractivity contribution in [2.45, 2.75) is 0 Å². The van der Waals surface area contributed by atoms with Gasteiger partial charge in [0.2, 0.25) is 0 Å². The number of H-pyrrole nitrogens is 2. The number of fused-ring (bicyclic) bond motifs is 1. The van der Waals surface area contributed by atoms with Crippen LogP contribution in [0.25, 0.3) is 11.0 Å². The number of imidazole rings is 1. The van der Waals surface area contributed by atoms with Crippen molar-refractivity contribution < 1.29 is 4.79 Å². The highest BCUT2D eigenvalue weighted by molar-refractivity contribution is 14.1. The van der Waals surface area contributed by atoms with Gasteiger partial charge < -0.3 is 9.97 Å². The number of rotatable bonds is 2. The van der Waals surface area contributed by atoms with Crippen LogP contribution in [0.4, 0.5) is 0 Å². The first-order valence-electron chi connectivity index (χ1n) is 5.25. The summed E-state index contributed by atoms with van der Waals surface area (Å²) in [5.74, 6) is -0.0602. The molecule has 0 radical (unpaired) electrons. The van der Waals surface area contributed by atoms with E-state index in [1.54, 1.807) is 12.1 Å². The summed E-state index contributed by atoms with van der Waals surface area (Å²) in [6.45, 7) is 0. The predicted molar refractivity (Wildman–Crippen MR) is 87.1 cm³/mol.